The SMILES string of the molecule is CC(C)c1ncc(CC(C)n2ccnc2)[nH]1. The van der Waals surface area contributed by atoms with Gasteiger partial charge in [0.25, 0.3) is 0 Å². The molecule has 0 aromatic carbocycles. The van der Waals surface area contributed by atoms with Crippen LogP contribution in [0.15, 0.2) is 24.9 Å². The van der Waals surface area contributed by atoms with Crippen molar-refractivity contribution in [2.75, 3.05) is 0 Å². The van der Waals surface area contributed by atoms with Gasteiger partial charge in [0, 0.05) is 42.7 Å². The van der Waals surface area contributed by atoms with Crippen LogP contribution in [-0.2, 0) is 6.42 Å². The van der Waals surface area contributed by atoms with Crippen LogP contribution in [0.4, 0.5) is 0 Å². The van der Waals surface area contributed by atoms with Crippen LogP contribution in [-0.4, -0.2) is 19.5 Å². The van der Waals surface area contributed by atoms with E-state index in [1.165, 1.54) is 5.69 Å². The summed E-state index contributed by atoms with van der Waals surface area (Å²) in [4.78, 5) is 11.8. The van der Waals surface area contributed by atoms with E-state index in [0.29, 0.717) is 12.0 Å². The molecule has 2 aromatic rings. The predicted molar refractivity (Wildman–Crippen MR) is 63.3 cm³/mol. The molecule has 16 heavy (non-hydrogen) atoms. The van der Waals surface area contributed by atoms with Crippen molar-refractivity contribution < 1.29 is 0 Å². The van der Waals surface area contributed by atoms with Crippen LogP contribution in [0, 0.1) is 0 Å². The van der Waals surface area contributed by atoms with Crippen LogP contribution in [0.5, 0.6) is 0 Å². The molecule has 0 saturated heterocycles. The van der Waals surface area contributed by atoms with Crippen molar-refractivity contribution in [1.29, 1.82) is 0 Å². The number of imidazole rings is 2. The van der Waals surface area contributed by atoms with Crippen molar-refractivity contribution in [3.05, 3.63) is 36.4 Å². The first-order valence-electron chi connectivity index (χ1n) is 5.68. The van der Waals surface area contributed by atoms with Gasteiger partial charge >= 0.3 is 0 Å². The zero-order valence-electron chi connectivity index (χ0n) is 10.0. The summed E-state index contributed by atoms with van der Waals surface area (Å²) in [6.45, 7) is 6.46. The topological polar surface area (TPSA) is 46.5 Å². The molecule has 4 heteroatoms. The number of hydrogen-bond donors (Lipinski definition) is 1. The summed E-state index contributed by atoms with van der Waals surface area (Å²) in [5.41, 5.74) is 1.19. The fourth-order valence-corrected chi connectivity index (χ4v) is 1.73. The summed E-state index contributed by atoms with van der Waals surface area (Å²) in [6.07, 6.45) is 8.54. The number of H-pyrrole nitrogens is 1. The van der Waals surface area contributed by atoms with Gasteiger partial charge in [-0.1, -0.05) is 13.8 Å². The molecule has 1 unspecified atom stereocenters. The highest BCUT2D eigenvalue weighted by Gasteiger charge is 2.09. The average molecular weight is 218 g/mol. The fraction of sp³-hybridized carbons (Fsp3) is 0.500. The minimum absolute atomic E-state index is 0.406. The van der Waals surface area contributed by atoms with Crippen LogP contribution in [0.3, 0.4) is 0 Å². The van der Waals surface area contributed by atoms with Crippen molar-refractivity contribution >= 4 is 0 Å². The van der Waals surface area contributed by atoms with E-state index in [1.54, 1.807) is 0 Å². The van der Waals surface area contributed by atoms with Crippen molar-refractivity contribution in [2.45, 2.75) is 39.2 Å². The molecule has 0 spiro atoms. The Morgan fingerprint density at radius 2 is 2.19 bits per heavy atom. The van der Waals surface area contributed by atoms with Crippen molar-refractivity contribution in [2.24, 2.45) is 0 Å². The summed E-state index contributed by atoms with van der Waals surface area (Å²) in [7, 11) is 0. The molecule has 0 saturated carbocycles. The Morgan fingerprint density at radius 1 is 1.38 bits per heavy atom. The molecule has 0 bridgehead atoms. The van der Waals surface area contributed by atoms with Crippen LogP contribution in [0.1, 0.15) is 44.2 Å². The van der Waals surface area contributed by atoms with Gasteiger partial charge < -0.3 is 9.55 Å². The highest BCUT2D eigenvalue weighted by Crippen LogP contribution is 2.15. The van der Waals surface area contributed by atoms with Crippen molar-refractivity contribution in [1.82, 2.24) is 19.5 Å². The van der Waals surface area contributed by atoms with Crippen LogP contribution in [0.2, 0.25) is 0 Å². The quantitative estimate of drug-likeness (QED) is 0.857. The molecular formula is C12H18N4. The van der Waals surface area contributed by atoms with Crippen LogP contribution in [0.25, 0.3) is 0 Å². The second-order valence-corrected chi connectivity index (χ2v) is 4.51. The smallest absolute Gasteiger partial charge is 0.108 e. The molecule has 0 amide bonds. The second kappa shape index (κ2) is 4.51. The Balaban J connectivity index is 2.03. The monoisotopic (exact) mass is 218 g/mol. The molecule has 2 heterocycles. The van der Waals surface area contributed by atoms with Gasteiger partial charge in [-0.2, -0.15) is 0 Å². The van der Waals surface area contributed by atoms with Crippen LogP contribution < -0.4 is 0 Å². The zero-order chi connectivity index (χ0) is 11.5. The molecule has 0 aliphatic carbocycles. The van der Waals surface area contributed by atoms with Gasteiger partial charge in [0.2, 0.25) is 0 Å². The summed E-state index contributed by atoms with van der Waals surface area (Å²) in [5, 5.41) is 0. The molecule has 86 valence electrons. The van der Waals surface area contributed by atoms with E-state index in [2.05, 4.69) is 40.3 Å². The van der Waals surface area contributed by atoms with E-state index in [9.17, 15) is 0 Å². The van der Waals surface area contributed by atoms with E-state index in [4.69, 9.17) is 0 Å². The second-order valence-electron chi connectivity index (χ2n) is 4.51. The predicted octanol–water partition coefficient (Wildman–Crippen LogP) is 2.53. The molecule has 2 rings (SSSR count). The number of rotatable bonds is 4. The Morgan fingerprint density at radius 3 is 2.75 bits per heavy atom. The summed E-state index contributed by atoms with van der Waals surface area (Å²) >= 11 is 0. The summed E-state index contributed by atoms with van der Waals surface area (Å²) in [5.74, 6) is 1.52. The standard InChI is InChI=1S/C12H18N4/c1-9(2)12-14-7-11(15-12)6-10(3)16-5-4-13-8-16/h4-5,7-10H,6H2,1-3H3,(H,14,15). The first-order valence-corrected chi connectivity index (χ1v) is 5.68. The Hall–Kier alpha value is -1.58. The number of nitrogens with one attached hydrogen (secondary N) is 1. The largest absolute Gasteiger partial charge is 0.346 e. The van der Waals surface area contributed by atoms with Gasteiger partial charge in [0.05, 0.1) is 6.33 Å². The Labute approximate surface area is 95.7 Å². The molecule has 1 atom stereocenters. The molecule has 0 aliphatic heterocycles. The van der Waals surface area contributed by atoms with Gasteiger partial charge in [0.15, 0.2) is 0 Å². The van der Waals surface area contributed by atoms with Gasteiger partial charge in [-0.3, -0.25) is 0 Å². The number of aromatic amines is 1. The molecule has 0 aliphatic rings. The third-order valence-corrected chi connectivity index (χ3v) is 2.74. The lowest BCUT2D eigenvalue weighted by Gasteiger charge is -2.11. The molecule has 1 N–H and O–H groups in total. The first-order chi connectivity index (χ1) is 7.66. The van der Waals surface area contributed by atoms with Gasteiger partial charge in [-0.25, -0.2) is 9.97 Å². The number of nitrogens with zero attached hydrogens (tertiary/aromatic N) is 3. The lowest BCUT2D eigenvalue weighted by molar-refractivity contribution is 0.538. The first kappa shape index (κ1) is 10.9. The average Bonchev–Trinajstić information content (AvgIpc) is 2.87. The minimum atomic E-state index is 0.406. The Kier molecular flexibility index (Phi) is 3.08. The van der Waals surface area contributed by atoms with E-state index < -0.39 is 0 Å². The third kappa shape index (κ3) is 2.32. The highest BCUT2D eigenvalue weighted by molar-refractivity contribution is 5.05. The minimum Gasteiger partial charge on any atom is -0.346 e. The molecule has 0 radical (unpaired) electrons. The lowest BCUT2D eigenvalue weighted by atomic mass is 10.2. The lowest BCUT2D eigenvalue weighted by Crippen LogP contribution is -2.06. The maximum Gasteiger partial charge on any atom is 0.108 e. The molecule has 4 nitrogen and oxygen atoms in total. The van der Waals surface area contributed by atoms with E-state index >= 15 is 0 Å². The fourth-order valence-electron chi connectivity index (χ4n) is 1.73. The van der Waals surface area contributed by atoms with Crippen LogP contribution >= 0.6 is 0 Å². The van der Waals surface area contributed by atoms with E-state index in [0.717, 1.165) is 12.2 Å². The summed E-state index contributed by atoms with van der Waals surface area (Å²) in [6, 6.07) is 0.406. The Bertz CT molecular complexity index is 428. The normalized spacial score (nSPS) is 13.2. The zero-order valence-corrected chi connectivity index (χ0v) is 10.0. The molecule has 0 fully saturated rings. The number of aromatic nitrogens is 4. The van der Waals surface area contributed by atoms with E-state index in [-0.39, 0.29) is 0 Å². The van der Waals surface area contributed by atoms with Gasteiger partial charge in [-0.05, 0) is 6.92 Å². The maximum absolute atomic E-state index is 4.37. The van der Waals surface area contributed by atoms with Gasteiger partial charge in [0.1, 0.15) is 5.82 Å². The summed E-state index contributed by atoms with van der Waals surface area (Å²) < 4.78 is 2.11. The molecular weight excluding hydrogens is 200 g/mol. The number of hydrogen-bond acceptors (Lipinski definition) is 2. The van der Waals surface area contributed by atoms with Gasteiger partial charge in [-0.15, -0.1) is 0 Å². The highest BCUT2D eigenvalue weighted by atomic mass is 15.0. The van der Waals surface area contributed by atoms with E-state index in [1.807, 2.05) is 24.9 Å². The maximum atomic E-state index is 4.37. The van der Waals surface area contributed by atoms with Crippen molar-refractivity contribution in [3.63, 3.8) is 0 Å². The van der Waals surface area contributed by atoms with Crippen molar-refractivity contribution in [3.8, 4) is 0 Å². The molecule has 2 aromatic heterocycles. The third-order valence-electron chi connectivity index (χ3n) is 2.74.